The summed E-state index contributed by atoms with van der Waals surface area (Å²) in [6.45, 7) is 1.75. The monoisotopic (exact) mass is 285 g/mol. The van der Waals surface area contributed by atoms with Crippen LogP contribution in [0.25, 0.3) is 0 Å². The second-order valence-corrected chi connectivity index (χ2v) is 4.41. The van der Waals surface area contributed by atoms with Crippen molar-refractivity contribution in [2.75, 3.05) is 13.6 Å². The first kappa shape index (κ1) is 16.2. The second-order valence-electron chi connectivity index (χ2n) is 4.41. The summed E-state index contributed by atoms with van der Waals surface area (Å²) in [5, 5.41) is 17.3. The summed E-state index contributed by atoms with van der Waals surface area (Å²) in [5.41, 5.74) is 0.558. The third kappa shape index (κ3) is 4.63. The van der Waals surface area contributed by atoms with Gasteiger partial charge in [0.1, 0.15) is 0 Å². The number of hydrogen-bond donors (Lipinski definition) is 0. The van der Waals surface area contributed by atoms with E-state index in [1.807, 2.05) is 12.1 Å². The molecule has 0 bridgehead atoms. The average Bonchev–Trinajstić information content (AvgIpc) is 2.51. The van der Waals surface area contributed by atoms with E-state index in [4.69, 9.17) is 15.3 Å². The van der Waals surface area contributed by atoms with Gasteiger partial charge in [-0.1, -0.05) is 6.07 Å². The minimum absolute atomic E-state index is 0.215. The number of rotatable bonds is 5. The maximum atomic E-state index is 11.9. The van der Waals surface area contributed by atoms with Crippen molar-refractivity contribution in [2.45, 2.75) is 19.4 Å². The van der Waals surface area contributed by atoms with Crippen LogP contribution in [0.1, 0.15) is 29.3 Å². The van der Waals surface area contributed by atoms with Gasteiger partial charge in [-0.25, -0.2) is 4.79 Å². The Hall–Kier alpha value is -2.86. The van der Waals surface area contributed by atoms with Crippen molar-refractivity contribution in [1.29, 1.82) is 10.5 Å². The number of esters is 1. The van der Waals surface area contributed by atoms with Gasteiger partial charge >= 0.3 is 5.97 Å². The maximum Gasteiger partial charge on any atom is 0.338 e. The number of nitrogens with zero attached hydrogens (tertiary/aromatic N) is 3. The lowest BCUT2D eigenvalue weighted by molar-refractivity contribution is -0.138. The molecule has 108 valence electrons. The lowest BCUT2D eigenvalue weighted by atomic mass is 10.1. The molecule has 0 unspecified atom stereocenters. The molecule has 1 rings (SSSR count). The third-order valence-electron chi connectivity index (χ3n) is 2.79. The normalized spacial score (nSPS) is 10.9. The highest BCUT2D eigenvalue weighted by Crippen LogP contribution is 2.08. The topological polar surface area (TPSA) is 94.2 Å². The van der Waals surface area contributed by atoms with E-state index < -0.39 is 12.1 Å². The zero-order chi connectivity index (χ0) is 15.8. The van der Waals surface area contributed by atoms with E-state index in [1.54, 1.807) is 19.2 Å². The fourth-order valence-electron chi connectivity index (χ4n) is 1.63. The van der Waals surface area contributed by atoms with Crippen molar-refractivity contribution >= 4 is 11.9 Å². The van der Waals surface area contributed by atoms with Gasteiger partial charge in [0, 0.05) is 13.6 Å². The Morgan fingerprint density at radius 1 is 1.38 bits per heavy atom. The molecule has 1 amide bonds. The quantitative estimate of drug-likeness (QED) is 0.764. The second kappa shape index (κ2) is 7.66. The van der Waals surface area contributed by atoms with Crippen molar-refractivity contribution in [3.8, 4) is 12.1 Å². The lowest BCUT2D eigenvalue weighted by Gasteiger charge is -2.20. The number of carbonyl (C=O) groups is 2. The molecule has 6 heteroatoms. The van der Waals surface area contributed by atoms with Crippen LogP contribution in [0, 0.1) is 22.7 Å². The van der Waals surface area contributed by atoms with Gasteiger partial charge in [-0.05, 0) is 25.1 Å². The molecule has 1 atom stereocenters. The number of benzene rings is 1. The van der Waals surface area contributed by atoms with Crippen LogP contribution in [0.4, 0.5) is 0 Å². The molecular formula is C15H15N3O3. The summed E-state index contributed by atoms with van der Waals surface area (Å²) in [6.07, 6.45) is -0.737. The van der Waals surface area contributed by atoms with Gasteiger partial charge in [-0.2, -0.15) is 10.5 Å². The van der Waals surface area contributed by atoms with Crippen LogP contribution in [0.5, 0.6) is 0 Å². The third-order valence-corrected chi connectivity index (χ3v) is 2.79. The molecule has 0 spiro atoms. The molecule has 0 aliphatic heterocycles. The van der Waals surface area contributed by atoms with Gasteiger partial charge in [0.2, 0.25) is 0 Å². The number of likely N-dealkylation sites (N-methyl/N-ethyl adjacent to an activating group) is 1. The van der Waals surface area contributed by atoms with Gasteiger partial charge in [0.25, 0.3) is 5.91 Å². The van der Waals surface area contributed by atoms with Gasteiger partial charge in [-0.15, -0.1) is 0 Å². The summed E-state index contributed by atoms with van der Waals surface area (Å²) in [7, 11) is 1.54. The van der Waals surface area contributed by atoms with Crippen LogP contribution in [0.3, 0.4) is 0 Å². The molecule has 0 fully saturated rings. The molecule has 0 aromatic heterocycles. The summed E-state index contributed by atoms with van der Waals surface area (Å²) in [5.74, 6) is -1.04. The Kier molecular flexibility index (Phi) is 5.91. The maximum absolute atomic E-state index is 11.9. The van der Waals surface area contributed by atoms with Gasteiger partial charge < -0.3 is 9.64 Å². The molecule has 0 aliphatic carbocycles. The number of carbonyl (C=O) groups excluding carboxylic acids is 2. The van der Waals surface area contributed by atoms with E-state index in [0.717, 1.165) is 0 Å². The Morgan fingerprint density at radius 3 is 2.71 bits per heavy atom. The van der Waals surface area contributed by atoms with Crippen LogP contribution in [-0.4, -0.2) is 36.5 Å². The van der Waals surface area contributed by atoms with Crippen LogP contribution in [0.15, 0.2) is 24.3 Å². The molecule has 0 aliphatic rings. The fourth-order valence-corrected chi connectivity index (χ4v) is 1.63. The summed E-state index contributed by atoms with van der Waals surface area (Å²) in [6, 6.07) is 9.92. The van der Waals surface area contributed by atoms with Crippen molar-refractivity contribution in [3.63, 3.8) is 0 Å². The number of nitriles is 2. The molecule has 1 aromatic rings. The van der Waals surface area contributed by atoms with Gasteiger partial charge in [0.15, 0.2) is 6.10 Å². The van der Waals surface area contributed by atoms with Gasteiger partial charge in [-0.3, -0.25) is 4.79 Å². The highest BCUT2D eigenvalue weighted by atomic mass is 16.5. The Balaban J connectivity index is 2.67. The average molecular weight is 285 g/mol. The van der Waals surface area contributed by atoms with Crippen LogP contribution in [0.2, 0.25) is 0 Å². The molecule has 1 aromatic carbocycles. The first-order valence-electron chi connectivity index (χ1n) is 6.32. The smallest absolute Gasteiger partial charge is 0.338 e. The zero-order valence-electron chi connectivity index (χ0n) is 11.9. The summed E-state index contributed by atoms with van der Waals surface area (Å²) in [4.78, 5) is 25.2. The lowest BCUT2D eigenvalue weighted by Crippen LogP contribution is -2.37. The first-order chi connectivity index (χ1) is 9.99. The van der Waals surface area contributed by atoms with Crippen molar-refractivity contribution in [2.24, 2.45) is 0 Å². The zero-order valence-corrected chi connectivity index (χ0v) is 11.9. The summed E-state index contributed by atoms with van der Waals surface area (Å²) < 4.78 is 5.08. The largest absolute Gasteiger partial charge is 0.449 e. The van der Waals surface area contributed by atoms with Crippen LogP contribution < -0.4 is 0 Å². The molecule has 0 saturated heterocycles. The Bertz CT molecular complexity index is 613. The molecule has 0 radical (unpaired) electrons. The first-order valence-corrected chi connectivity index (χ1v) is 6.32. The Labute approximate surface area is 123 Å². The highest BCUT2D eigenvalue weighted by Gasteiger charge is 2.22. The van der Waals surface area contributed by atoms with Gasteiger partial charge in [0.05, 0.1) is 29.7 Å². The minimum atomic E-state index is -0.952. The molecule has 0 heterocycles. The minimum Gasteiger partial charge on any atom is -0.449 e. The van der Waals surface area contributed by atoms with E-state index in [0.29, 0.717) is 5.56 Å². The number of hydrogen-bond acceptors (Lipinski definition) is 5. The SMILES string of the molecule is C[C@@H](OC(=O)c1cccc(C#N)c1)C(=O)N(C)CCC#N. The van der Waals surface area contributed by atoms with Crippen LogP contribution >= 0.6 is 0 Å². The standard InChI is InChI=1S/C15H15N3O3/c1-11(14(19)18(2)8-4-7-16)21-15(20)13-6-3-5-12(9-13)10-17/h3,5-6,9,11H,4,8H2,1-2H3/t11-/m1/s1. The van der Waals surface area contributed by atoms with E-state index >= 15 is 0 Å². The van der Waals surface area contributed by atoms with E-state index in [9.17, 15) is 9.59 Å². The molecular weight excluding hydrogens is 270 g/mol. The predicted octanol–water partition coefficient (Wildman–Crippen LogP) is 1.48. The fraction of sp³-hybridized carbons (Fsp3) is 0.333. The predicted molar refractivity (Wildman–Crippen MR) is 73.9 cm³/mol. The number of amides is 1. The molecule has 21 heavy (non-hydrogen) atoms. The number of ether oxygens (including phenoxy) is 1. The van der Waals surface area contributed by atoms with E-state index in [-0.39, 0.29) is 24.4 Å². The van der Waals surface area contributed by atoms with E-state index in [1.165, 1.54) is 24.0 Å². The highest BCUT2D eigenvalue weighted by molar-refractivity contribution is 5.92. The molecule has 0 saturated carbocycles. The Morgan fingerprint density at radius 2 is 2.10 bits per heavy atom. The molecule has 6 nitrogen and oxygen atoms in total. The van der Waals surface area contributed by atoms with Crippen molar-refractivity contribution < 1.29 is 14.3 Å². The van der Waals surface area contributed by atoms with Crippen LogP contribution in [-0.2, 0) is 9.53 Å². The van der Waals surface area contributed by atoms with E-state index in [2.05, 4.69) is 0 Å². The van der Waals surface area contributed by atoms with Crippen molar-refractivity contribution in [1.82, 2.24) is 4.90 Å². The molecule has 0 N–H and O–H groups in total. The van der Waals surface area contributed by atoms with Crippen molar-refractivity contribution in [3.05, 3.63) is 35.4 Å². The summed E-state index contributed by atoms with van der Waals surface area (Å²) >= 11 is 0.